The summed E-state index contributed by atoms with van der Waals surface area (Å²) in [4.78, 5) is 42.6. The van der Waals surface area contributed by atoms with Crippen molar-refractivity contribution in [3.05, 3.63) is 64.9 Å². The van der Waals surface area contributed by atoms with Crippen molar-refractivity contribution in [2.75, 3.05) is 31.6 Å². The standard InChI is InChI=1S/C35H42ClN3O7/c1-21-16-38(17-22(2)46-21)25-15-26(19-44-27-10-8-24(9-11-27)35(42)43)39(18-25)33(40)14-23-7-12-31(30(36)13-23)37-34(41)29-20-45-32-6-4-3-5-28(29)32/h3-7,12-13,20-22,24-27H,8-11,14-19H2,1-2H3,(H,37,41)(H,42,43)/t21-,22+,24-,25-,26-,27-/m0/s1. The molecule has 6 rings (SSSR count). The van der Waals surface area contributed by atoms with Crippen molar-refractivity contribution in [1.82, 2.24) is 9.80 Å². The lowest BCUT2D eigenvalue weighted by atomic mass is 9.87. The van der Waals surface area contributed by atoms with Crippen LogP contribution >= 0.6 is 11.6 Å². The number of halogens is 1. The normalized spacial score (nSPS) is 27.2. The monoisotopic (exact) mass is 651 g/mol. The second-order valence-electron chi connectivity index (χ2n) is 13.0. The summed E-state index contributed by atoms with van der Waals surface area (Å²) >= 11 is 6.60. The summed E-state index contributed by atoms with van der Waals surface area (Å²) in [7, 11) is 0. The summed E-state index contributed by atoms with van der Waals surface area (Å²) < 4.78 is 17.8. The lowest BCUT2D eigenvalue weighted by molar-refractivity contribution is -0.144. The predicted molar refractivity (Wildman–Crippen MR) is 174 cm³/mol. The van der Waals surface area contributed by atoms with Gasteiger partial charge in [-0.2, -0.15) is 0 Å². The fourth-order valence-corrected chi connectivity index (χ4v) is 7.50. The van der Waals surface area contributed by atoms with Crippen molar-refractivity contribution in [3.63, 3.8) is 0 Å². The molecule has 3 heterocycles. The molecule has 2 aromatic carbocycles. The van der Waals surface area contributed by atoms with Crippen LogP contribution in [0.15, 0.2) is 53.1 Å². The molecule has 1 aromatic heterocycles. The van der Waals surface area contributed by atoms with Gasteiger partial charge in [-0.1, -0.05) is 35.9 Å². The number of hydrogen-bond donors (Lipinski definition) is 2. The summed E-state index contributed by atoms with van der Waals surface area (Å²) in [6, 6.07) is 12.7. The Bertz CT molecular complexity index is 1560. The molecule has 11 heteroatoms. The number of anilines is 1. The molecule has 4 atom stereocenters. The second-order valence-corrected chi connectivity index (χ2v) is 13.4. The molecule has 2 aliphatic heterocycles. The summed E-state index contributed by atoms with van der Waals surface area (Å²) in [5.74, 6) is -1.36. The highest BCUT2D eigenvalue weighted by atomic mass is 35.5. The van der Waals surface area contributed by atoms with Gasteiger partial charge in [0.15, 0.2) is 0 Å². The molecular formula is C35H42ClN3O7. The molecule has 2 N–H and O–H groups in total. The van der Waals surface area contributed by atoms with Crippen LogP contribution in [-0.2, 0) is 25.5 Å². The zero-order valence-corrected chi connectivity index (χ0v) is 27.1. The third-order valence-electron chi connectivity index (χ3n) is 9.59. The first kappa shape index (κ1) is 32.5. The molecule has 0 spiro atoms. The van der Waals surface area contributed by atoms with Crippen LogP contribution in [-0.4, -0.2) is 89.3 Å². The molecule has 1 saturated carbocycles. The fraction of sp³-hybridized carbons (Fsp3) is 0.514. The van der Waals surface area contributed by atoms with Gasteiger partial charge in [0.05, 0.1) is 59.6 Å². The molecule has 3 fully saturated rings. The largest absolute Gasteiger partial charge is 0.481 e. The molecule has 2 saturated heterocycles. The van der Waals surface area contributed by atoms with E-state index in [1.165, 1.54) is 6.26 Å². The van der Waals surface area contributed by atoms with E-state index in [0.717, 1.165) is 43.3 Å². The third kappa shape index (κ3) is 7.41. The number of carboxylic acid groups (broad SMARTS) is 1. The van der Waals surface area contributed by atoms with Gasteiger partial charge in [-0.15, -0.1) is 0 Å². The van der Waals surface area contributed by atoms with Gasteiger partial charge in [0.2, 0.25) is 5.91 Å². The van der Waals surface area contributed by atoms with Crippen LogP contribution in [0.2, 0.25) is 5.02 Å². The first-order valence-electron chi connectivity index (χ1n) is 16.2. The van der Waals surface area contributed by atoms with Gasteiger partial charge in [0.25, 0.3) is 5.91 Å². The molecule has 1 aliphatic carbocycles. The number of benzene rings is 2. The van der Waals surface area contributed by atoms with Gasteiger partial charge in [-0.3, -0.25) is 19.3 Å². The number of aliphatic carboxylic acids is 1. The number of para-hydroxylation sites is 1. The minimum atomic E-state index is -0.732. The van der Waals surface area contributed by atoms with E-state index < -0.39 is 5.97 Å². The van der Waals surface area contributed by atoms with Crippen molar-refractivity contribution < 1.29 is 33.4 Å². The Labute approximate surface area is 273 Å². The SMILES string of the molecule is C[C@@H]1CN([C@H]2C[C@@H](CO[C@H]3CC[C@H](C(=O)O)CC3)N(C(=O)Cc3ccc(NC(=O)c4coc5ccccc45)c(Cl)c3)C2)C[C@H](C)O1. The van der Waals surface area contributed by atoms with E-state index >= 15 is 0 Å². The van der Waals surface area contributed by atoms with Crippen LogP contribution < -0.4 is 5.32 Å². The lowest BCUT2D eigenvalue weighted by Crippen LogP contribution is -2.51. The van der Waals surface area contributed by atoms with Gasteiger partial charge >= 0.3 is 5.97 Å². The average Bonchev–Trinajstić information content (AvgIpc) is 3.66. The number of ether oxygens (including phenoxy) is 2. The Kier molecular flexibility index (Phi) is 9.98. The number of furan rings is 1. The number of carbonyl (C=O) groups excluding carboxylic acids is 2. The Hall–Kier alpha value is -3.44. The number of carbonyl (C=O) groups is 3. The van der Waals surface area contributed by atoms with E-state index in [4.69, 9.17) is 25.5 Å². The summed E-state index contributed by atoms with van der Waals surface area (Å²) in [6.07, 6.45) is 5.36. The first-order valence-corrected chi connectivity index (χ1v) is 16.6. The van der Waals surface area contributed by atoms with E-state index in [1.807, 2.05) is 29.2 Å². The maximum absolute atomic E-state index is 13.8. The maximum Gasteiger partial charge on any atom is 0.306 e. The van der Waals surface area contributed by atoms with Crippen LogP contribution in [0.25, 0.3) is 11.0 Å². The Morgan fingerprint density at radius 1 is 1.02 bits per heavy atom. The van der Waals surface area contributed by atoms with E-state index in [1.54, 1.807) is 18.2 Å². The molecule has 3 aliphatic rings. The zero-order valence-electron chi connectivity index (χ0n) is 26.3. The third-order valence-corrected chi connectivity index (χ3v) is 9.90. The Morgan fingerprint density at radius 2 is 1.76 bits per heavy atom. The van der Waals surface area contributed by atoms with Gasteiger partial charge in [0, 0.05) is 31.1 Å². The number of amides is 2. The van der Waals surface area contributed by atoms with Gasteiger partial charge in [0.1, 0.15) is 11.8 Å². The Balaban J connectivity index is 1.11. The number of nitrogens with one attached hydrogen (secondary N) is 1. The number of morpholine rings is 1. The summed E-state index contributed by atoms with van der Waals surface area (Å²) in [6.45, 7) is 6.85. The number of likely N-dealkylation sites (tertiary alicyclic amines) is 1. The molecule has 46 heavy (non-hydrogen) atoms. The van der Waals surface area contributed by atoms with E-state index in [2.05, 4.69) is 24.1 Å². The number of nitrogens with zero attached hydrogens (tertiary/aromatic N) is 2. The van der Waals surface area contributed by atoms with Crippen molar-refractivity contribution in [1.29, 1.82) is 0 Å². The number of carboxylic acids is 1. The van der Waals surface area contributed by atoms with Gasteiger partial charge in [-0.25, -0.2) is 0 Å². The summed E-state index contributed by atoms with van der Waals surface area (Å²) in [5.41, 5.74) is 2.25. The van der Waals surface area contributed by atoms with Crippen LogP contribution in [0.4, 0.5) is 5.69 Å². The predicted octanol–water partition coefficient (Wildman–Crippen LogP) is 5.62. The number of hydrogen-bond acceptors (Lipinski definition) is 7. The first-order chi connectivity index (χ1) is 22.1. The highest BCUT2D eigenvalue weighted by Crippen LogP contribution is 2.31. The van der Waals surface area contributed by atoms with Gasteiger partial charge < -0.3 is 29.2 Å². The van der Waals surface area contributed by atoms with Crippen LogP contribution in [0, 0.1) is 5.92 Å². The van der Waals surface area contributed by atoms with Crippen LogP contribution in [0.5, 0.6) is 0 Å². The van der Waals surface area contributed by atoms with Crippen molar-refractivity contribution in [3.8, 4) is 0 Å². The van der Waals surface area contributed by atoms with Crippen LogP contribution in [0.3, 0.4) is 0 Å². The molecule has 2 amide bonds. The van der Waals surface area contributed by atoms with Crippen molar-refractivity contribution in [2.45, 2.75) is 82.8 Å². The minimum Gasteiger partial charge on any atom is -0.481 e. The van der Waals surface area contributed by atoms with Gasteiger partial charge in [-0.05, 0) is 69.7 Å². The fourth-order valence-electron chi connectivity index (χ4n) is 7.25. The molecule has 0 unspecified atom stereocenters. The minimum absolute atomic E-state index is 0.00207. The van der Waals surface area contributed by atoms with E-state index in [0.29, 0.717) is 47.8 Å². The zero-order chi connectivity index (χ0) is 32.4. The van der Waals surface area contributed by atoms with Crippen LogP contribution in [0.1, 0.15) is 61.9 Å². The Morgan fingerprint density at radius 3 is 2.48 bits per heavy atom. The summed E-state index contributed by atoms with van der Waals surface area (Å²) in [5, 5.41) is 13.3. The highest BCUT2D eigenvalue weighted by Gasteiger charge is 2.40. The van der Waals surface area contributed by atoms with E-state index in [9.17, 15) is 19.5 Å². The topological polar surface area (TPSA) is 122 Å². The molecule has 10 nitrogen and oxygen atoms in total. The second kappa shape index (κ2) is 14.1. The average molecular weight is 652 g/mol. The van der Waals surface area contributed by atoms with Crippen molar-refractivity contribution >= 4 is 46.0 Å². The lowest BCUT2D eigenvalue weighted by Gasteiger charge is -2.38. The quantitative estimate of drug-likeness (QED) is 0.306. The molecule has 0 radical (unpaired) electrons. The molecule has 3 aromatic rings. The highest BCUT2D eigenvalue weighted by molar-refractivity contribution is 6.34. The molecular weight excluding hydrogens is 610 g/mol. The number of rotatable bonds is 9. The smallest absolute Gasteiger partial charge is 0.306 e. The maximum atomic E-state index is 13.8. The number of fused-ring (bicyclic) bond motifs is 1. The molecule has 246 valence electrons. The molecule has 0 bridgehead atoms. The van der Waals surface area contributed by atoms with Crippen molar-refractivity contribution in [2.24, 2.45) is 5.92 Å². The van der Waals surface area contributed by atoms with E-state index in [-0.39, 0.29) is 54.5 Å².